The Morgan fingerprint density at radius 2 is 2.04 bits per heavy atom. The summed E-state index contributed by atoms with van der Waals surface area (Å²) in [6.07, 6.45) is 3.22. The summed E-state index contributed by atoms with van der Waals surface area (Å²) in [7, 11) is 0. The zero-order valence-corrected chi connectivity index (χ0v) is 14.3. The molecule has 1 N–H and O–H groups in total. The van der Waals surface area contributed by atoms with Crippen molar-refractivity contribution in [2.75, 3.05) is 11.9 Å². The lowest BCUT2D eigenvalue weighted by Gasteiger charge is -2.11. The van der Waals surface area contributed by atoms with Gasteiger partial charge < -0.3 is 5.32 Å². The van der Waals surface area contributed by atoms with Crippen molar-refractivity contribution in [3.63, 3.8) is 0 Å². The molecule has 0 atom stereocenters. The van der Waals surface area contributed by atoms with Crippen molar-refractivity contribution < 1.29 is 14.4 Å². The molecule has 3 rings (SSSR count). The Kier molecular flexibility index (Phi) is 4.77. The molecule has 8 heteroatoms. The minimum Gasteiger partial charge on any atom is -0.300 e. The minimum atomic E-state index is -0.458. The molecule has 0 unspecified atom stereocenters. The average Bonchev–Trinajstić information content (AvgIpc) is 3.14. The number of imide groups is 1. The van der Waals surface area contributed by atoms with Gasteiger partial charge in [0.05, 0.1) is 4.91 Å². The van der Waals surface area contributed by atoms with Crippen molar-refractivity contribution in [1.29, 1.82) is 0 Å². The van der Waals surface area contributed by atoms with Gasteiger partial charge in [0.1, 0.15) is 6.54 Å². The van der Waals surface area contributed by atoms with Crippen molar-refractivity contribution in [3.05, 3.63) is 51.9 Å². The number of carbonyl (C=O) groups excluding carboxylic acids is 3. The summed E-state index contributed by atoms with van der Waals surface area (Å²) in [5.74, 6) is -0.913. The van der Waals surface area contributed by atoms with Gasteiger partial charge in [-0.2, -0.15) is 0 Å². The summed E-state index contributed by atoms with van der Waals surface area (Å²) in [6.45, 7) is 1.65. The predicted molar refractivity (Wildman–Crippen MR) is 94.6 cm³/mol. The molecule has 1 aliphatic heterocycles. The normalized spacial score (nSPS) is 16.0. The van der Waals surface area contributed by atoms with Crippen LogP contribution in [0.15, 0.2) is 40.7 Å². The number of nitrogens with one attached hydrogen (secondary N) is 1. The highest BCUT2D eigenvalue weighted by Crippen LogP contribution is 2.32. The number of anilines is 1. The van der Waals surface area contributed by atoms with Crippen LogP contribution in [0.5, 0.6) is 0 Å². The van der Waals surface area contributed by atoms with Crippen LogP contribution in [-0.4, -0.2) is 33.5 Å². The molecular formula is C16H13N3O3S2. The Bertz CT molecular complexity index is 814. The quantitative estimate of drug-likeness (QED) is 0.849. The molecule has 1 fully saturated rings. The van der Waals surface area contributed by atoms with Crippen LogP contribution in [-0.2, 0) is 9.59 Å². The van der Waals surface area contributed by atoms with Gasteiger partial charge >= 0.3 is 0 Å². The topological polar surface area (TPSA) is 79.4 Å². The maximum absolute atomic E-state index is 12.3. The second-order valence-electron chi connectivity index (χ2n) is 5.06. The van der Waals surface area contributed by atoms with Crippen LogP contribution < -0.4 is 5.32 Å². The third-order valence-corrected chi connectivity index (χ3v) is 4.83. The molecule has 6 nitrogen and oxygen atoms in total. The molecule has 3 amide bonds. The molecule has 2 aromatic rings. The predicted octanol–water partition coefficient (Wildman–Crippen LogP) is 3.13. The third-order valence-electron chi connectivity index (χ3n) is 3.23. The van der Waals surface area contributed by atoms with Crippen LogP contribution in [0, 0.1) is 6.92 Å². The zero-order valence-electron chi connectivity index (χ0n) is 12.7. The number of carbonyl (C=O) groups is 3. The summed E-state index contributed by atoms with van der Waals surface area (Å²) in [6, 6.07) is 7.60. The summed E-state index contributed by atoms with van der Waals surface area (Å²) >= 11 is 2.10. The smallest absolute Gasteiger partial charge is 0.294 e. The number of nitrogens with zero attached hydrogens (tertiary/aromatic N) is 2. The second kappa shape index (κ2) is 6.98. The Morgan fingerprint density at radius 3 is 2.71 bits per heavy atom. The third kappa shape index (κ3) is 3.72. The van der Waals surface area contributed by atoms with E-state index < -0.39 is 17.1 Å². The van der Waals surface area contributed by atoms with E-state index in [2.05, 4.69) is 10.3 Å². The fourth-order valence-electron chi connectivity index (χ4n) is 2.04. The van der Waals surface area contributed by atoms with Gasteiger partial charge in [-0.3, -0.25) is 19.3 Å². The molecule has 24 heavy (non-hydrogen) atoms. The summed E-state index contributed by atoms with van der Waals surface area (Å²) in [4.78, 5) is 41.5. The fourth-order valence-corrected chi connectivity index (χ4v) is 3.42. The van der Waals surface area contributed by atoms with E-state index in [0.717, 1.165) is 27.8 Å². The number of rotatable bonds is 4. The highest BCUT2D eigenvalue weighted by molar-refractivity contribution is 8.18. The molecule has 1 aliphatic rings. The van der Waals surface area contributed by atoms with Crippen LogP contribution >= 0.6 is 23.1 Å². The van der Waals surface area contributed by atoms with Crippen molar-refractivity contribution in [1.82, 2.24) is 9.88 Å². The molecule has 1 saturated heterocycles. The van der Waals surface area contributed by atoms with Gasteiger partial charge in [0, 0.05) is 11.6 Å². The van der Waals surface area contributed by atoms with Crippen LogP contribution in [0.25, 0.3) is 6.08 Å². The Labute approximate surface area is 146 Å². The monoisotopic (exact) mass is 359 g/mol. The number of aromatic nitrogens is 1. The van der Waals surface area contributed by atoms with Crippen LogP contribution in [0.2, 0.25) is 0 Å². The molecule has 0 bridgehead atoms. The second-order valence-corrected chi connectivity index (χ2v) is 6.95. The van der Waals surface area contributed by atoms with E-state index in [4.69, 9.17) is 0 Å². The van der Waals surface area contributed by atoms with Crippen molar-refractivity contribution in [2.24, 2.45) is 0 Å². The van der Waals surface area contributed by atoms with Gasteiger partial charge in [0.2, 0.25) is 5.91 Å². The van der Waals surface area contributed by atoms with E-state index in [1.807, 2.05) is 31.2 Å². The summed E-state index contributed by atoms with van der Waals surface area (Å²) in [5.41, 5.74) is 1.94. The number of amides is 3. The number of thiazole rings is 1. The molecule has 1 aromatic heterocycles. The lowest BCUT2D eigenvalue weighted by Crippen LogP contribution is -2.36. The zero-order chi connectivity index (χ0) is 17.1. The number of aryl methyl sites for hydroxylation is 1. The first-order chi connectivity index (χ1) is 11.5. The van der Waals surface area contributed by atoms with Gasteiger partial charge in [0.15, 0.2) is 5.13 Å². The highest BCUT2D eigenvalue weighted by Gasteiger charge is 2.36. The minimum absolute atomic E-state index is 0.311. The number of hydrogen-bond donors (Lipinski definition) is 1. The molecule has 0 saturated carbocycles. The van der Waals surface area contributed by atoms with Gasteiger partial charge in [-0.1, -0.05) is 29.8 Å². The lowest BCUT2D eigenvalue weighted by atomic mass is 10.1. The van der Waals surface area contributed by atoms with Crippen LogP contribution in [0.4, 0.5) is 9.93 Å². The summed E-state index contributed by atoms with van der Waals surface area (Å²) in [5, 5.41) is 4.26. The van der Waals surface area contributed by atoms with Crippen molar-refractivity contribution in [2.45, 2.75) is 6.92 Å². The average molecular weight is 359 g/mol. The molecule has 0 radical (unpaired) electrons. The number of thioether (sulfide) groups is 1. The Balaban J connectivity index is 1.69. The SMILES string of the molecule is Cc1ccc(/C=C2\SC(=O)N(CC(=O)Nc3nccs3)C2=O)cc1. The van der Waals surface area contributed by atoms with Gasteiger partial charge in [0.25, 0.3) is 11.1 Å². The maximum Gasteiger partial charge on any atom is 0.294 e. The fraction of sp³-hybridized carbons (Fsp3) is 0.125. The van der Waals surface area contributed by atoms with Gasteiger partial charge in [-0.15, -0.1) is 11.3 Å². The molecule has 0 spiro atoms. The van der Waals surface area contributed by atoms with E-state index in [1.54, 1.807) is 17.7 Å². The number of hydrogen-bond acceptors (Lipinski definition) is 6. The van der Waals surface area contributed by atoms with Crippen LogP contribution in [0.1, 0.15) is 11.1 Å². The van der Waals surface area contributed by atoms with Crippen molar-refractivity contribution in [3.8, 4) is 0 Å². The molecule has 1 aromatic carbocycles. The molecule has 0 aliphatic carbocycles. The Morgan fingerprint density at radius 1 is 1.29 bits per heavy atom. The number of benzene rings is 1. The van der Waals surface area contributed by atoms with Crippen molar-refractivity contribution >= 4 is 51.4 Å². The molecule has 2 heterocycles. The van der Waals surface area contributed by atoms with E-state index in [1.165, 1.54) is 11.3 Å². The molecule has 122 valence electrons. The van der Waals surface area contributed by atoms with E-state index in [0.29, 0.717) is 10.0 Å². The Hall–Kier alpha value is -2.45. The first-order valence-electron chi connectivity index (χ1n) is 7.04. The van der Waals surface area contributed by atoms with E-state index >= 15 is 0 Å². The largest absolute Gasteiger partial charge is 0.300 e. The maximum atomic E-state index is 12.3. The van der Waals surface area contributed by atoms with E-state index in [-0.39, 0.29) is 6.54 Å². The lowest BCUT2D eigenvalue weighted by molar-refractivity contribution is -0.127. The van der Waals surface area contributed by atoms with E-state index in [9.17, 15) is 14.4 Å². The highest BCUT2D eigenvalue weighted by atomic mass is 32.2. The summed E-state index contributed by atoms with van der Waals surface area (Å²) < 4.78 is 0. The van der Waals surface area contributed by atoms with Gasteiger partial charge in [-0.05, 0) is 30.3 Å². The first-order valence-corrected chi connectivity index (χ1v) is 8.74. The standard InChI is InChI=1S/C16H13N3O3S2/c1-10-2-4-11(5-3-10)8-12-14(21)19(16(22)24-12)9-13(20)18-15-17-6-7-23-15/h2-8H,9H2,1H3,(H,17,18,20)/b12-8-. The van der Waals surface area contributed by atoms with Crippen LogP contribution in [0.3, 0.4) is 0 Å². The first kappa shape index (κ1) is 16.4. The molecular weight excluding hydrogens is 346 g/mol. The van der Waals surface area contributed by atoms with Gasteiger partial charge in [-0.25, -0.2) is 4.98 Å².